The Bertz CT molecular complexity index is 1510. The molecule has 3 aromatic carbocycles. The molecule has 0 aliphatic carbocycles. The number of aryl methyl sites for hydroxylation is 2. The van der Waals surface area contributed by atoms with Crippen LogP contribution >= 0.6 is 11.6 Å². The van der Waals surface area contributed by atoms with Crippen LogP contribution in [0.1, 0.15) is 58.6 Å². The lowest BCUT2D eigenvalue weighted by atomic mass is 10.1. The number of amides is 1. The number of para-hydroxylation sites is 1. The molecule has 0 bridgehead atoms. The van der Waals surface area contributed by atoms with Crippen molar-refractivity contribution in [2.24, 2.45) is 0 Å². The topological polar surface area (TPSA) is 69.7 Å². The van der Waals surface area contributed by atoms with E-state index in [1.165, 1.54) is 6.42 Å². The van der Waals surface area contributed by atoms with Crippen LogP contribution in [0.15, 0.2) is 54.6 Å². The minimum Gasteiger partial charge on any atom is -0.497 e. The summed E-state index contributed by atoms with van der Waals surface area (Å²) in [5.41, 5.74) is 6.11. The van der Waals surface area contributed by atoms with Crippen molar-refractivity contribution in [2.75, 3.05) is 57.0 Å². The number of benzene rings is 3. The number of fused-ring (bicyclic) bond motifs is 2. The third-order valence-corrected chi connectivity index (χ3v) is 8.58. The van der Waals surface area contributed by atoms with Crippen molar-refractivity contribution in [3.63, 3.8) is 0 Å². The van der Waals surface area contributed by atoms with E-state index in [0.717, 1.165) is 89.2 Å². The molecule has 0 radical (unpaired) electrons. The second-order valence-electron chi connectivity index (χ2n) is 11.5. The SMILES string of the molecule is CCN(CC)CC(=O)Nc1c(C)cccc1C.CCN(CC)CCCC(C)Nc1c2ccc(Cl)cc2nc2ccc(OC)cc12. The fourth-order valence-corrected chi connectivity index (χ4v) is 5.67. The molecule has 0 saturated heterocycles. The largest absolute Gasteiger partial charge is 0.497 e. The number of rotatable bonds is 14. The average Bonchev–Trinajstić information content (AvgIpc) is 3.03. The van der Waals surface area contributed by atoms with Crippen LogP contribution in [-0.2, 0) is 4.79 Å². The smallest absolute Gasteiger partial charge is 0.238 e. The van der Waals surface area contributed by atoms with Gasteiger partial charge in [0, 0.05) is 27.5 Å². The maximum atomic E-state index is 11.9. The number of ether oxygens (including phenoxy) is 1. The van der Waals surface area contributed by atoms with Crippen molar-refractivity contribution in [1.29, 1.82) is 0 Å². The molecule has 7 nitrogen and oxygen atoms in total. The number of carbonyl (C=O) groups excluding carboxylic acids is 1. The molecule has 0 fully saturated rings. The average molecular weight is 634 g/mol. The minimum atomic E-state index is 0.0612. The molecule has 0 aliphatic rings. The summed E-state index contributed by atoms with van der Waals surface area (Å²) in [6.45, 7) is 20.5. The lowest BCUT2D eigenvalue weighted by Gasteiger charge is -2.22. The summed E-state index contributed by atoms with van der Waals surface area (Å²) >= 11 is 6.22. The van der Waals surface area contributed by atoms with Gasteiger partial charge in [-0.25, -0.2) is 4.98 Å². The number of hydrogen-bond donors (Lipinski definition) is 2. The highest BCUT2D eigenvalue weighted by molar-refractivity contribution is 6.31. The summed E-state index contributed by atoms with van der Waals surface area (Å²) in [6, 6.07) is 18.3. The number of halogens is 1. The van der Waals surface area contributed by atoms with Gasteiger partial charge in [-0.15, -0.1) is 0 Å². The van der Waals surface area contributed by atoms with E-state index in [4.69, 9.17) is 21.3 Å². The standard InChI is InChI=1S/C23H30ClN3O.C14H22N2O/c1-5-27(6-2)13-7-8-16(3)25-23-19-11-9-17(24)14-22(19)26-21-12-10-18(28-4)15-20(21)23;1-5-16(6-2)10-13(17)15-14-11(3)8-7-9-12(14)4/h9-12,14-16H,5-8,13H2,1-4H3,(H,25,26);7-9H,5-6,10H2,1-4H3,(H,15,17). The Kier molecular flexibility index (Phi) is 14.4. The quantitative estimate of drug-likeness (QED) is 0.136. The first-order valence-electron chi connectivity index (χ1n) is 16.3. The number of anilines is 2. The van der Waals surface area contributed by atoms with E-state index in [9.17, 15) is 4.79 Å². The van der Waals surface area contributed by atoms with Crippen LogP contribution in [0, 0.1) is 13.8 Å². The van der Waals surface area contributed by atoms with Crippen molar-refractivity contribution < 1.29 is 9.53 Å². The molecule has 4 rings (SSSR count). The fraction of sp³-hybridized carbons (Fsp3) is 0.459. The molecule has 1 unspecified atom stereocenters. The van der Waals surface area contributed by atoms with Gasteiger partial charge in [-0.1, -0.05) is 57.5 Å². The summed E-state index contributed by atoms with van der Waals surface area (Å²) < 4.78 is 5.45. The molecule has 0 aliphatic heterocycles. The van der Waals surface area contributed by atoms with Crippen molar-refractivity contribution in [2.45, 2.75) is 67.3 Å². The van der Waals surface area contributed by atoms with Gasteiger partial charge in [0.2, 0.25) is 5.91 Å². The Hall–Kier alpha value is -3.39. The van der Waals surface area contributed by atoms with Crippen molar-refractivity contribution in [1.82, 2.24) is 14.8 Å². The van der Waals surface area contributed by atoms with Crippen LogP contribution in [0.4, 0.5) is 11.4 Å². The zero-order valence-corrected chi connectivity index (χ0v) is 29.2. The summed E-state index contributed by atoms with van der Waals surface area (Å²) in [6.07, 6.45) is 2.28. The molecular formula is C37H52ClN5O2. The molecule has 8 heteroatoms. The van der Waals surface area contributed by atoms with Crippen LogP contribution in [0.25, 0.3) is 21.8 Å². The summed E-state index contributed by atoms with van der Waals surface area (Å²) in [4.78, 5) is 21.3. The third kappa shape index (κ3) is 10.3. The summed E-state index contributed by atoms with van der Waals surface area (Å²) in [5, 5.41) is 9.61. The van der Waals surface area contributed by atoms with Gasteiger partial charge in [0.1, 0.15) is 5.75 Å². The first kappa shape index (κ1) is 36.1. The van der Waals surface area contributed by atoms with E-state index in [2.05, 4.69) is 67.2 Å². The Morgan fingerprint density at radius 1 is 0.867 bits per heavy atom. The van der Waals surface area contributed by atoms with Gasteiger partial charge in [0.05, 0.1) is 30.4 Å². The third-order valence-electron chi connectivity index (χ3n) is 8.35. The molecule has 2 N–H and O–H groups in total. The van der Waals surface area contributed by atoms with E-state index in [0.29, 0.717) is 17.6 Å². The lowest BCUT2D eigenvalue weighted by Crippen LogP contribution is -2.33. The Morgan fingerprint density at radius 2 is 1.53 bits per heavy atom. The molecule has 244 valence electrons. The maximum Gasteiger partial charge on any atom is 0.238 e. The molecule has 1 amide bonds. The van der Waals surface area contributed by atoms with Gasteiger partial charge in [0.15, 0.2) is 0 Å². The van der Waals surface area contributed by atoms with Crippen molar-refractivity contribution in [3.05, 3.63) is 70.7 Å². The number of carbonyl (C=O) groups is 1. The minimum absolute atomic E-state index is 0.0612. The second-order valence-corrected chi connectivity index (χ2v) is 12.0. The molecule has 1 atom stereocenters. The van der Waals surface area contributed by atoms with Crippen LogP contribution in [0.5, 0.6) is 5.75 Å². The van der Waals surface area contributed by atoms with E-state index in [-0.39, 0.29) is 5.91 Å². The number of likely N-dealkylation sites (N-methyl/N-ethyl adjacent to an activating group) is 1. The molecule has 0 saturated carbocycles. The molecule has 45 heavy (non-hydrogen) atoms. The maximum absolute atomic E-state index is 11.9. The number of pyridine rings is 1. The first-order chi connectivity index (χ1) is 21.6. The molecule has 4 aromatic rings. The van der Waals surface area contributed by atoms with Gasteiger partial charge in [-0.2, -0.15) is 0 Å². The number of nitrogens with zero attached hydrogens (tertiary/aromatic N) is 3. The number of aromatic nitrogens is 1. The van der Waals surface area contributed by atoms with Crippen LogP contribution in [0.2, 0.25) is 5.02 Å². The lowest BCUT2D eigenvalue weighted by molar-refractivity contribution is -0.117. The Balaban J connectivity index is 0.000000279. The second kappa shape index (κ2) is 17.9. The van der Waals surface area contributed by atoms with E-state index in [1.807, 2.05) is 56.3 Å². The summed E-state index contributed by atoms with van der Waals surface area (Å²) in [7, 11) is 1.69. The zero-order chi connectivity index (χ0) is 32.9. The van der Waals surface area contributed by atoms with Gasteiger partial charge in [0.25, 0.3) is 0 Å². The predicted molar refractivity (Wildman–Crippen MR) is 193 cm³/mol. The Labute approximate surface area is 275 Å². The predicted octanol–water partition coefficient (Wildman–Crippen LogP) is 8.56. The van der Waals surface area contributed by atoms with Crippen molar-refractivity contribution in [3.8, 4) is 5.75 Å². The highest BCUT2D eigenvalue weighted by atomic mass is 35.5. The highest BCUT2D eigenvalue weighted by Crippen LogP contribution is 2.35. The first-order valence-corrected chi connectivity index (χ1v) is 16.7. The number of nitrogens with one attached hydrogen (secondary N) is 2. The highest BCUT2D eigenvalue weighted by Gasteiger charge is 2.14. The van der Waals surface area contributed by atoms with Crippen LogP contribution in [-0.4, -0.2) is 73.1 Å². The van der Waals surface area contributed by atoms with E-state index >= 15 is 0 Å². The normalized spacial score (nSPS) is 11.9. The Morgan fingerprint density at radius 3 is 2.16 bits per heavy atom. The van der Waals surface area contributed by atoms with E-state index in [1.54, 1.807) is 7.11 Å². The molecule has 0 spiro atoms. The number of methoxy groups -OCH3 is 1. The van der Waals surface area contributed by atoms with Crippen LogP contribution < -0.4 is 15.4 Å². The molecule has 1 aromatic heterocycles. The molecule has 1 heterocycles. The zero-order valence-electron chi connectivity index (χ0n) is 28.5. The number of hydrogen-bond acceptors (Lipinski definition) is 6. The van der Waals surface area contributed by atoms with Gasteiger partial charge in [-0.05, 0) is 114 Å². The molecular weight excluding hydrogens is 582 g/mol. The van der Waals surface area contributed by atoms with Crippen molar-refractivity contribution >= 4 is 50.7 Å². The summed E-state index contributed by atoms with van der Waals surface area (Å²) in [5.74, 6) is 0.894. The monoisotopic (exact) mass is 633 g/mol. The van der Waals surface area contributed by atoms with E-state index < -0.39 is 0 Å². The van der Waals surface area contributed by atoms with Gasteiger partial charge >= 0.3 is 0 Å². The van der Waals surface area contributed by atoms with Crippen LogP contribution in [0.3, 0.4) is 0 Å². The fourth-order valence-electron chi connectivity index (χ4n) is 5.50. The van der Waals surface area contributed by atoms with Gasteiger partial charge < -0.3 is 20.3 Å². The van der Waals surface area contributed by atoms with Gasteiger partial charge in [-0.3, -0.25) is 9.69 Å².